The number of pyridine rings is 1. The van der Waals surface area contributed by atoms with Crippen molar-refractivity contribution in [3.63, 3.8) is 0 Å². The van der Waals surface area contributed by atoms with Gasteiger partial charge in [-0.2, -0.15) is 0 Å². The average Bonchev–Trinajstić information content (AvgIpc) is 3.20. The van der Waals surface area contributed by atoms with Gasteiger partial charge in [-0.25, -0.2) is 13.8 Å². The molecule has 8 heteroatoms. The Bertz CT molecular complexity index is 1430. The van der Waals surface area contributed by atoms with E-state index in [0.717, 1.165) is 23.3 Å². The van der Waals surface area contributed by atoms with Gasteiger partial charge in [-0.1, -0.05) is 11.6 Å². The summed E-state index contributed by atoms with van der Waals surface area (Å²) in [5.74, 6) is -1.28. The van der Waals surface area contributed by atoms with Gasteiger partial charge in [0.2, 0.25) is 5.89 Å². The Kier molecular flexibility index (Phi) is 6.18. The smallest absolute Gasteiger partial charge is 0.255 e. The van der Waals surface area contributed by atoms with E-state index in [0.29, 0.717) is 16.3 Å². The van der Waals surface area contributed by atoms with Crippen molar-refractivity contribution in [3.05, 3.63) is 92.7 Å². The average molecular weight is 485 g/mol. The largest absolute Gasteiger partial charge is 0.439 e. The summed E-state index contributed by atoms with van der Waals surface area (Å²) >= 11 is 6.16. The molecule has 5 nitrogen and oxygen atoms in total. The highest BCUT2D eigenvalue weighted by Crippen LogP contribution is 2.37. The van der Waals surface area contributed by atoms with Crippen LogP contribution in [0.25, 0.3) is 28.3 Å². The number of halogens is 3. The minimum absolute atomic E-state index is 0.0143. The van der Waals surface area contributed by atoms with E-state index in [1.54, 1.807) is 38.2 Å². The highest BCUT2D eigenvalue weighted by Gasteiger charge is 2.30. The molecule has 0 fully saturated rings. The van der Waals surface area contributed by atoms with Gasteiger partial charge in [0, 0.05) is 28.9 Å². The van der Waals surface area contributed by atoms with Gasteiger partial charge < -0.3 is 9.52 Å². The molecule has 2 heterocycles. The van der Waals surface area contributed by atoms with E-state index in [2.05, 4.69) is 4.98 Å². The van der Waals surface area contributed by atoms with Gasteiger partial charge in [0.25, 0.3) is 5.56 Å². The summed E-state index contributed by atoms with van der Waals surface area (Å²) in [4.78, 5) is 17.4. The molecule has 0 amide bonds. The van der Waals surface area contributed by atoms with E-state index < -0.39 is 17.0 Å². The third-order valence-electron chi connectivity index (χ3n) is 5.66. The Hall–Kier alpha value is -3.29. The lowest BCUT2D eigenvalue weighted by atomic mass is 9.95. The molecule has 0 unspecified atom stereocenters. The normalized spacial score (nSPS) is 11.8. The lowest BCUT2D eigenvalue weighted by Crippen LogP contribution is -2.22. The summed E-state index contributed by atoms with van der Waals surface area (Å²) in [6.45, 7) is 6.90. The standard InChI is InChI=1S/C26H23ClF2N2O3/c1-14-9-17(27)10-15(2)23(14)31-12-16(5-8-21(31)33)22-24(19-7-6-18(28)11-20(19)29)34-25(30-22)26(3,4)13-32/h5-12,32H,13H2,1-4H3. The SMILES string of the molecule is Cc1cc(Cl)cc(C)c1-n1cc(-c2nc(C(C)(C)CO)oc2-c2ccc(F)cc2F)ccc1=O. The fraction of sp³-hybridized carbons (Fsp3) is 0.231. The maximum atomic E-state index is 14.7. The van der Waals surface area contributed by atoms with Crippen LogP contribution >= 0.6 is 11.6 Å². The number of hydrogen-bond donors (Lipinski definition) is 1. The number of oxazole rings is 1. The number of aromatic nitrogens is 2. The molecule has 0 atom stereocenters. The van der Waals surface area contributed by atoms with Crippen LogP contribution in [0.2, 0.25) is 5.02 Å². The quantitative estimate of drug-likeness (QED) is 0.378. The van der Waals surface area contributed by atoms with Gasteiger partial charge in [0.15, 0.2) is 5.76 Å². The van der Waals surface area contributed by atoms with Crippen molar-refractivity contribution in [1.29, 1.82) is 0 Å². The molecule has 4 aromatic rings. The summed E-state index contributed by atoms with van der Waals surface area (Å²) < 4.78 is 35.7. The highest BCUT2D eigenvalue weighted by molar-refractivity contribution is 6.30. The molecule has 0 saturated heterocycles. The molecule has 0 saturated carbocycles. The number of aryl methyl sites for hydroxylation is 2. The van der Waals surface area contributed by atoms with E-state index in [-0.39, 0.29) is 35.1 Å². The first-order valence-electron chi connectivity index (χ1n) is 10.6. The second-order valence-corrected chi connectivity index (χ2v) is 9.31. The number of benzene rings is 2. The van der Waals surface area contributed by atoms with E-state index in [9.17, 15) is 18.7 Å². The minimum atomic E-state index is -0.860. The summed E-state index contributed by atoms with van der Waals surface area (Å²) in [7, 11) is 0. The molecule has 2 aromatic heterocycles. The zero-order chi connectivity index (χ0) is 24.8. The zero-order valence-corrected chi connectivity index (χ0v) is 19.9. The van der Waals surface area contributed by atoms with Gasteiger partial charge in [-0.15, -0.1) is 0 Å². The maximum absolute atomic E-state index is 14.7. The van der Waals surface area contributed by atoms with Crippen molar-refractivity contribution in [3.8, 4) is 28.3 Å². The van der Waals surface area contributed by atoms with E-state index >= 15 is 0 Å². The number of hydrogen-bond acceptors (Lipinski definition) is 4. The van der Waals surface area contributed by atoms with Gasteiger partial charge in [-0.05, 0) is 69.2 Å². The molecule has 4 rings (SSSR count). The maximum Gasteiger partial charge on any atom is 0.255 e. The van der Waals surface area contributed by atoms with Crippen molar-refractivity contribution in [2.24, 2.45) is 0 Å². The molecule has 0 aliphatic rings. The number of aliphatic hydroxyl groups excluding tert-OH is 1. The molecular formula is C26H23ClF2N2O3. The van der Waals surface area contributed by atoms with Gasteiger partial charge in [-0.3, -0.25) is 9.36 Å². The summed E-state index contributed by atoms with van der Waals surface area (Å²) in [5.41, 5.74) is 1.90. The molecule has 34 heavy (non-hydrogen) atoms. The molecule has 0 aliphatic heterocycles. The lowest BCUT2D eigenvalue weighted by molar-refractivity contribution is 0.193. The van der Waals surface area contributed by atoms with Crippen LogP contribution in [0, 0.1) is 25.5 Å². The Morgan fingerprint density at radius 2 is 1.76 bits per heavy atom. The third-order valence-corrected chi connectivity index (χ3v) is 5.88. The second kappa shape index (κ2) is 8.81. The van der Waals surface area contributed by atoms with Crippen molar-refractivity contribution >= 4 is 11.6 Å². The van der Waals surface area contributed by atoms with Crippen molar-refractivity contribution < 1.29 is 18.3 Å². The predicted octanol–water partition coefficient (Wildman–Crippen LogP) is 5.98. The van der Waals surface area contributed by atoms with Crippen LogP contribution in [0.5, 0.6) is 0 Å². The van der Waals surface area contributed by atoms with Crippen LogP contribution in [-0.2, 0) is 5.41 Å². The number of nitrogens with zero attached hydrogens (tertiary/aromatic N) is 2. The predicted molar refractivity (Wildman–Crippen MR) is 127 cm³/mol. The van der Waals surface area contributed by atoms with Crippen LogP contribution in [0.3, 0.4) is 0 Å². The highest BCUT2D eigenvalue weighted by atomic mass is 35.5. The minimum Gasteiger partial charge on any atom is -0.439 e. The summed E-state index contributed by atoms with van der Waals surface area (Å²) in [6, 6.07) is 9.65. The molecule has 0 aliphatic carbocycles. The van der Waals surface area contributed by atoms with Crippen LogP contribution in [-0.4, -0.2) is 21.3 Å². The Balaban J connectivity index is 1.98. The first kappa shape index (κ1) is 23.9. The van der Waals surface area contributed by atoms with Gasteiger partial charge in [0.1, 0.15) is 17.3 Å². The van der Waals surface area contributed by atoms with Crippen molar-refractivity contribution in [1.82, 2.24) is 9.55 Å². The summed E-state index contributed by atoms with van der Waals surface area (Å²) in [6.07, 6.45) is 1.60. The van der Waals surface area contributed by atoms with Gasteiger partial charge in [0.05, 0.1) is 23.3 Å². The van der Waals surface area contributed by atoms with E-state index in [1.165, 1.54) is 16.7 Å². The Morgan fingerprint density at radius 3 is 2.38 bits per heavy atom. The van der Waals surface area contributed by atoms with Gasteiger partial charge >= 0.3 is 0 Å². The lowest BCUT2D eigenvalue weighted by Gasteiger charge is -2.16. The molecule has 2 aromatic carbocycles. The second-order valence-electron chi connectivity index (χ2n) is 8.88. The van der Waals surface area contributed by atoms with Crippen LogP contribution in [0.15, 0.2) is 57.9 Å². The van der Waals surface area contributed by atoms with Crippen LogP contribution < -0.4 is 5.56 Å². The summed E-state index contributed by atoms with van der Waals surface area (Å²) in [5, 5.41) is 10.4. The molecule has 176 valence electrons. The Labute approximate surface area is 200 Å². The Morgan fingerprint density at radius 1 is 1.09 bits per heavy atom. The fourth-order valence-electron chi connectivity index (χ4n) is 3.81. The van der Waals surface area contributed by atoms with Crippen molar-refractivity contribution in [2.45, 2.75) is 33.1 Å². The molecule has 1 N–H and O–H groups in total. The number of rotatable bonds is 5. The molecule has 0 bridgehead atoms. The van der Waals surface area contributed by atoms with Crippen LogP contribution in [0.1, 0.15) is 30.9 Å². The van der Waals surface area contributed by atoms with Crippen molar-refractivity contribution in [2.75, 3.05) is 6.61 Å². The first-order valence-corrected chi connectivity index (χ1v) is 11.0. The monoisotopic (exact) mass is 484 g/mol. The molecular weight excluding hydrogens is 462 g/mol. The first-order chi connectivity index (χ1) is 16.0. The molecule has 0 radical (unpaired) electrons. The number of aliphatic hydroxyl groups is 1. The fourth-order valence-corrected chi connectivity index (χ4v) is 4.14. The van der Waals surface area contributed by atoms with E-state index in [4.69, 9.17) is 16.0 Å². The van der Waals surface area contributed by atoms with E-state index in [1.807, 2.05) is 13.8 Å². The zero-order valence-electron chi connectivity index (χ0n) is 19.1. The molecule has 0 spiro atoms. The van der Waals surface area contributed by atoms with Crippen LogP contribution in [0.4, 0.5) is 8.78 Å². The third kappa shape index (κ3) is 4.29. The topological polar surface area (TPSA) is 68.3 Å².